The Hall–Kier alpha value is -1.77. The molecular weight excluding hydrogens is 212 g/mol. The first kappa shape index (κ1) is 11.7. The van der Waals surface area contributed by atoms with Crippen LogP contribution in [0.4, 0.5) is 0 Å². The summed E-state index contributed by atoms with van der Waals surface area (Å²) in [6, 6.07) is 7.89. The van der Waals surface area contributed by atoms with Gasteiger partial charge in [-0.15, -0.1) is 0 Å². The van der Waals surface area contributed by atoms with E-state index in [0.717, 1.165) is 30.6 Å². The molecule has 2 aromatic rings. The summed E-state index contributed by atoms with van der Waals surface area (Å²) < 4.78 is 1.98. The summed E-state index contributed by atoms with van der Waals surface area (Å²) in [5.41, 5.74) is 1.83. The fourth-order valence-corrected chi connectivity index (χ4v) is 2.03. The van der Waals surface area contributed by atoms with Crippen LogP contribution in [-0.4, -0.2) is 28.3 Å². The van der Waals surface area contributed by atoms with Crippen LogP contribution in [0.15, 0.2) is 36.7 Å². The molecule has 0 bridgehead atoms. The van der Waals surface area contributed by atoms with Crippen molar-refractivity contribution in [2.45, 2.75) is 20.3 Å². The highest BCUT2D eigenvalue weighted by Gasteiger charge is 2.14. The fourth-order valence-electron chi connectivity index (χ4n) is 2.03. The molecule has 2 heterocycles. The lowest BCUT2D eigenvalue weighted by atomic mass is 10.2. The number of carbonyl (C=O) groups is 1. The number of carbonyl (C=O) groups excluding carboxylic acids is 1. The lowest BCUT2D eigenvalue weighted by Gasteiger charge is -2.19. The second kappa shape index (κ2) is 5.04. The van der Waals surface area contributed by atoms with Gasteiger partial charge < -0.3 is 9.30 Å². The largest absolute Gasteiger partial charge is 0.339 e. The maximum Gasteiger partial charge on any atom is 0.255 e. The molecule has 17 heavy (non-hydrogen) atoms. The van der Waals surface area contributed by atoms with Gasteiger partial charge in [-0.1, -0.05) is 13.0 Å². The van der Waals surface area contributed by atoms with E-state index in [1.807, 2.05) is 52.9 Å². The Bertz CT molecular complexity index is 483. The van der Waals surface area contributed by atoms with Crippen molar-refractivity contribution in [3.8, 4) is 0 Å². The fraction of sp³-hybridized carbons (Fsp3) is 0.357. The molecule has 3 heteroatoms. The average Bonchev–Trinajstić information content (AvgIpc) is 2.78. The maximum atomic E-state index is 12.2. The zero-order valence-electron chi connectivity index (χ0n) is 10.4. The molecule has 0 spiro atoms. The Labute approximate surface area is 102 Å². The minimum absolute atomic E-state index is 0.123. The third-order valence-corrected chi connectivity index (χ3v) is 2.91. The average molecular weight is 230 g/mol. The number of rotatable bonds is 4. The van der Waals surface area contributed by atoms with Gasteiger partial charge in [0, 0.05) is 31.0 Å². The van der Waals surface area contributed by atoms with Crippen molar-refractivity contribution in [2.75, 3.05) is 13.1 Å². The molecule has 0 aliphatic rings. The molecule has 2 aromatic heterocycles. The third-order valence-electron chi connectivity index (χ3n) is 2.91. The predicted molar refractivity (Wildman–Crippen MR) is 69.3 cm³/mol. The summed E-state index contributed by atoms with van der Waals surface area (Å²) in [6.07, 6.45) is 4.85. The number of hydrogen-bond donors (Lipinski definition) is 0. The minimum Gasteiger partial charge on any atom is -0.339 e. The molecule has 90 valence electrons. The van der Waals surface area contributed by atoms with Gasteiger partial charge in [0.25, 0.3) is 5.91 Å². The van der Waals surface area contributed by atoms with Crippen molar-refractivity contribution in [3.63, 3.8) is 0 Å². The monoisotopic (exact) mass is 230 g/mol. The van der Waals surface area contributed by atoms with Gasteiger partial charge in [0.15, 0.2) is 0 Å². The van der Waals surface area contributed by atoms with Crippen LogP contribution in [0.3, 0.4) is 0 Å². The number of fused-ring (bicyclic) bond motifs is 1. The first-order valence-corrected chi connectivity index (χ1v) is 6.12. The van der Waals surface area contributed by atoms with E-state index in [1.165, 1.54) is 0 Å². The quantitative estimate of drug-likeness (QED) is 0.792. The van der Waals surface area contributed by atoms with E-state index >= 15 is 0 Å². The van der Waals surface area contributed by atoms with Crippen LogP contribution in [0.2, 0.25) is 0 Å². The van der Waals surface area contributed by atoms with Crippen molar-refractivity contribution in [2.24, 2.45) is 0 Å². The summed E-state index contributed by atoms with van der Waals surface area (Å²) in [4.78, 5) is 14.1. The van der Waals surface area contributed by atoms with Crippen LogP contribution in [0.25, 0.3) is 5.52 Å². The molecule has 0 N–H and O–H groups in total. The standard InChI is InChI=1S/C14H18N2O/c1-3-8-15(4-2)14(17)12-10-13-7-5-6-9-16(13)11-12/h5-7,9-11H,3-4,8H2,1-2H3. The Morgan fingerprint density at radius 2 is 2.18 bits per heavy atom. The van der Waals surface area contributed by atoms with E-state index in [-0.39, 0.29) is 5.91 Å². The normalized spacial score (nSPS) is 10.7. The highest BCUT2D eigenvalue weighted by molar-refractivity contribution is 5.95. The summed E-state index contributed by atoms with van der Waals surface area (Å²) in [7, 11) is 0. The smallest absolute Gasteiger partial charge is 0.255 e. The van der Waals surface area contributed by atoms with Gasteiger partial charge in [0.2, 0.25) is 0 Å². The highest BCUT2D eigenvalue weighted by atomic mass is 16.2. The molecule has 0 fully saturated rings. The molecule has 0 aromatic carbocycles. The molecule has 0 aliphatic carbocycles. The predicted octanol–water partition coefficient (Wildman–Crippen LogP) is 2.81. The lowest BCUT2D eigenvalue weighted by molar-refractivity contribution is 0.0764. The molecule has 1 amide bonds. The maximum absolute atomic E-state index is 12.2. The second-order valence-electron chi connectivity index (χ2n) is 4.15. The molecule has 0 saturated heterocycles. The van der Waals surface area contributed by atoms with Crippen LogP contribution < -0.4 is 0 Å². The van der Waals surface area contributed by atoms with Crippen molar-refractivity contribution in [1.82, 2.24) is 9.30 Å². The first-order valence-electron chi connectivity index (χ1n) is 6.12. The Kier molecular flexibility index (Phi) is 3.47. The van der Waals surface area contributed by atoms with Crippen LogP contribution >= 0.6 is 0 Å². The van der Waals surface area contributed by atoms with Crippen LogP contribution in [0, 0.1) is 0 Å². The van der Waals surface area contributed by atoms with E-state index in [1.54, 1.807) is 0 Å². The lowest BCUT2D eigenvalue weighted by Crippen LogP contribution is -2.31. The number of nitrogens with zero attached hydrogens (tertiary/aromatic N) is 2. The third kappa shape index (κ3) is 2.33. The molecular formula is C14H18N2O. The van der Waals surface area contributed by atoms with Crippen molar-refractivity contribution in [1.29, 1.82) is 0 Å². The SMILES string of the molecule is CCCN(CC)C(=O)c1cc2ccccn2c1. The van der Waals surface area contributed by atoms with Crippen LogP contribution in [0.1, 0.15) is 30.6 Å². The summed E-state index contributed by atoms with van der Waals surface area (Å²) >= 11 is 0. The Morgan fingerprint density at radius 1 is 1.35 bits per heavy atom. The van der Waals surface area contributed by atoms with Gasteiger partial charge >= 0.3 is 0 Å². The van der Waals surface area contributed by atoms with Gasteiger partial charge in [-0.05, 0) is 31.5 Å². The van der Waals surface area contributed by atoms with E-state index in [0.29, 0.717) is 0 Å². The van der Waals surface area contributed by atoms with E-state index in [4.69, 9.17) is 0 Å². The van der Waals surface area contributed by atoms with E-state index in [9.17, 15) is 4.79 Å². The number of aromatic nitrogens is 1. The molecule has 0 aliphatic heterocycles. The number of amides is 1. The molecule has 0 saturated carbocycles. The second-order valence-corrected chi connectivity index (χ2v) is 4.15. The molecule has 0 radical (unpaired) electrons. The van der Waals surface area contributed by atoms with Gasteiger partial charge in [-0.3, -0.25) is 4.79 Å². The summed E-state index contributed by atoms with van der Waals surface area (Å²) in [6.45, 7) is 5.69. The Balaban J connectivity index is 2.29. The van der Waals surface area contributed by atoms with E-state index in [2.05, 4.69) is 6.92 Å². The molecule has 3 nitrogen and oxygen atoms in total. The van der Waals surface area contributed by atoms with E-state index < -0.39 is 0 Å². The summed E-state index contributed by atoms with van der Waals surface area (Å²) in [5, 5.41) is 0. The molecule has 2 rings (SSSR count). The summed E-state index contributed by atoms with van der Waals surface area (Å²) in [5.74, 6) is 0.123. The molecule has 0 unspecified atom stereocenters. The minimum atomic E-state index is 0.123. The molecule has 0 atom stereocenters. The van der Waals surface area contributed by atoms with Crippen LogP contribution in [-0.2, 0) is 0 Å². The topological polar surface area (TPSA) is 24.7 Å². The number of hydrogen-bond acceptors (Lipinski definition) is 1. The van der Waals surface area contributed by atoms with Crippen molar-refractivity contribution in [3.05, 3.63) is 42.2 Å². The van der Waals surface area contributed by atoms with Gasteiger partial charge in [-0.25, -0.2) is 0 Å². The van der Waals surface area contributed by atoms with Gasteiger partial charge in [0.1, 0.15) is 0 Å². The Morgan fingerprint density at radius 3 is 2.82 bits per heavy atom. The zero-order valence-corrected chi connectivity index (χ0v) is 10.4. The van der Waals surface area contributed by atoms with Crippen LogP contribution in [0.5, 0.6) is 0 Å². The first-order chi connectivity index (χ1) is 8.26. The number of pyridine rings is 1. The van der Waals surface area contributed by atoms with Crippen molar-refractivity contribution >= 4 is 11.4 Å². The highest BCUT2D eigenvalue weighted by Crippen LogP contribution is 2.12. The van der Waals surface area contributed by atoms with Gasteiger partial charge in [0.05, 0.1) is 5.56 Å². The van der Waals surface area contributed by atoms with Crippen molar-refractivity contribution < 1.29 is 4.79 Å². The van der Waals surface area contributed by atoms with Gasteiger partial charge in [-0.2, -0.15) is 0 Å². The zero-order chi connectivity index (χ0) is 12.3.